The predicted octanol–water partition coefficient (Wildman–Crippen LogP) is 2.48. The molecule has 2 aromatic rings. The molecule has 0 bridgehead atoms. The van der Waals surface area contributed by atoms with Crippen LogP contribution in [0.4, 0.5) is 5.82 Å². The first-order valence-electron chi connectivity index (χ1n) is 10.2. The molecule has 0 radical (unpaired) electrons. The molecule has 0 saturated carbocycles. The number of carboxylic acids is 1. The molecule has 30 heavy (non-hydrogen) atoms. The fourth-order valence-electron chi connectivity index (χ4n) is 4.76. The van der Waals surface area contributed by atoms with Crippen molar-refractivity contribution in [1.82, 2.24) is 9.29 Å². The molecule has 7 nitrogen and oxygen atoms in total. The summed E-state index contributed by atoms with van der Waals surface area (Å²) in [4.78, 5) is 18.3. The van der Waals surface area contributed by atoms with Crippen molar-refractivity contribution in [2.75, 3.05) is 18.0 Å². The SMILES string of the molecule is Cc1ccc(N2C[C@@H](C)N(S(=O)(=O)c3cccc4c3CC(C(=O)O)C4)[C@@H](C)C2)nc1. The molecule has 1 aromatic carbocycles. The van der Waals surface area contributed by atoms with Gasteiger partial charge in [-0.15, -0.1) is 0 Å². The van der Waals surface area contributed by atoms with Crippen LogP contribution < -0.4 is 4.90 Å². The van der Waals surface area contributed by atoms with Crippen LogP contribution >= 0.6 is 0 Å². The van der Waals surface area contributed by atoms with Crippen molar-refractivity contribution in [3.8, 4) is 0 Å². The Morgan fingerprint density at radius 2 is 1.80 bits per heavy atom. The number of hydrogen-bond donors (Lipinski definition) is 1. The number of carboxylic acid groups (broad SMARTS) is 1. The van der Waals surface area contributed by atoms with Gasteiger partial charge in [-0.3, -0.25) is 4.79 Å². The maximum atomic E-state index is 13.7. The third-order valence-corrected chi connectivity index (χ3v) is 8.32. The van der Waals surface area contributed by atoms with E-state index in [0.717, 1.165) is 16.9 Å². The van der Waals surface area contributed by atoms with Crippen LogP contribution in [-0.2, 0) is 27.7 Å². The average molecular weight is 430 g/mol. The molecule has 2 aliphatic rings. The quantitative estimate of drug-likeness (QED) is 0.803. The Bertz CT molecular complexity index is 1060. The van der Waals surface area contributed by atoms with Crippen LogP contribution in [0.5, 0.6) is 0 Å². The lowest BCUT2D eigenvalue weighted by atomic mass is 10.1. The Labute approximate surface area is 177 Å². The first-order valence-corrected chi connectivity index (χ1v) is 11.7. The van der Waals surface area contributed by atoms with E-state index in [4.69, 9.17) is 0 Å². The number of carbonyl (C=O) groups is 1. The van der Waals surface area contributed by atoms with Gasteiger partial charge in [0.15, 0.2) is 0 Å². The van der Waals surface area contributed by atoms with Gasteiger partial charge in [-0.2, -0.15) is 4.31 Å². The summed E-state index contributed by atoms with van der Waals surface area (Å²) in [6.45, 7) is 6.91. The number of aliphatic carboxylic acids is 1. The van der Waals surface area contributed by atoms with E-state index in [1.54, 1.807) is 16.4 Å². The standard InChI is InChI=1S/C22H27N3O4S/c1-14-7-8-21(23-11-14)24-12-15(2)25(16(3)13-24)30(28,29)20-6-4-5-17-9-18(22(26)27)10-19(17)20/h4-8,11,15-16,18H,9-10,12-13H2,1-3H3,(H,26,27)/t15-,16+,18?. The number of piperazine rings is 1. The Hall–Kier alpha value is -2.45. The predicted molar refractivity (Wildman–Crippen MR) is 114 cm³/mol. The van der Waals surface area contributed by atoms with Crippen molar-refractivity contribution in [2.24, 2.45) is 5.92 Å². The number of rotatable bonds is 4. The molecule has 4 rings (SSSR count). The molecule has 0 spiro atoms. The lowest BCUT2D eigenvalue weighted by Crippen LogP contribution is -2.58. The van der Waals surface area contributed by atoms with Gasteiger partial charge >= 0.3 is 5.97 Å². The van der Waals surface area contributed by atoms with Crippen LogP contribution in [0.15, 0.2) is 41.4 Å². The van der Waals surface area contributed by atoms with E-state index in [0.29, 0.717) is 25.1 Å². The Balaban J connectivity index is 1.63. The van der Waals surface area contributed by atoms with Crippen LogP contribution in [0, 0.1) is 12.8 Å². The fourth-order valence-corrected chi connectivity index (χ4v) is 6.85. The average Bonchev–Trinajstić information content (AvgIpc) is 3.12. The first-order chi connectivity index (χ1) is 14.2. The summed E-state index contributed by atoms with van der Waals surface area (Å²) < 4.78 is 28.9. The van der Waals surface area contributed by atoms with E-state index in [1.807, 2.05) is 45.2 Å². The maximum Gasteiger partial charge on any atom is 0.307 e. The number of anilines is 1. The third-order valence-electron chi connectivity index (χ3n) is 6.11. The molecule has 3 atom stereocenters. The van der Waals surface area contributed by atoms with Gasteiger partial charge in [-0.25, -0.2) is 13.4 Å². The number of benzene rings is 1. The Morgan fingerprint density at radius 3 is 2.40 bits per heavy atom. The van der Waals surface area contributed by atoms with Crippen molar-refractivity contribution in [3.63, 3.8) is 0 Å². The second kappa shape index (κ2) is 7.67. The largest absolute Gasteiger partial charge is 0.481 e. The number of fused-ring (bicyclic) bond motifs is 1. The third kappa shape index (κ3) is 3.58. The highest BCUT2D eigenvalue weighted by molar-refractivity contribution is 7.89. The lowest BCUT2D eigenvalue weighted by Gasteiger charge is -2.44. The van der Waals surface area contributed by atoms with Crippen molar-refractivity contribution in [2.45, 2.75) is 50.6 Å². The number of aromatic nitrogens is 1. The fraction of sp³-hybridized carbons (Fsp3) is 0.455. The molecule has 2 heterocycles. The Kier molecular flexibility index (Phi) is 5.32. The van der Waals surface area contributed by atoms with Crippen molar-refractivity contribution < 1.29 is 18.3 Å². The van der Waals surface area contributed by atoms with Gasteiger partial charge in [0, 0.05) is 31.4 Å². The highest BCUT2D eigenvalue weighted by Gasteiger charge is 2.41. The molecule has 1 aliphatic carbocycles. The normalized spacial score (nSPS) is 24.6. The highest BCUT2D eigenvalue weighted by Crippen LogP contribution is 2.35. The summed E-state index contributed by atoms with van der Waals surface area (Å²) in [6, 6.07) is 8.67. The van der Waals surface area contributed by atoms with E-state index in [2.05, 4.69) is 9.88 Å². The van der Waals surface area contributed by atoms with E-state index in [1.165, 1.54) is 0 Å². The van der Waals surface area contributed by atoms with Crippen molar-refractivity contribution >= 4 is 21.8 Å². The van der Waals surface area contributed by atoms with E-state index in [9.17, 15) is 18.3 Å². The van der Waals surface area contributed by atoms with Crippen LogP contribution in [0.2, 0.25) is 0 Å². The molecule has 1 saturated heterocycles. The van der Waals surface area contributed by atoms with Gasteiger partial charge < -0.3 is 10.0 Å². The summed E-state index contributed by atoms with van der Waals surface area (Å²) in [5, 5.41) is 9.40. The zero-order valence-electron chi connectivity index (χ0n) is 17.4. The van der Waals surface area contributed by atoms with Crippen LogP contribution in [-0.4, -0.2) is 54.0 Å². The first kappa shape index (κ1) is 20.8. The summed E-state index contributed by atoms with van der Waals surface area (Å²) in [5.74, 6) is -0.590. The van der Waals surface area contributed by atoms with Crippen LogP contribution in [0.3, 0.4) is 0 Å². The number of sulfonamides is 1. The maximum absolute atomic E-state index is 13.7. The molecular formula is C22H27N3O4S. The van der Waals surface area contributed by atoms with Crippen molar-refractivity contribution in [1.29, 1.82) is 0 Å². The van der Waals surface area contributed by atoms with Gasteiger partial charge in [-0.1, -0.05) is 18.2 Å². The molecule has 1 aliphatic heterocycles. The Morgan fingerprint density at radius 1 is 1.10 bits per heavy atom. The van der Waals surface area contributed by atoms with E-state index < -0.39 is 21.9 Å². The number of hydrogen-bond acceptors (Lipinski definition) is 5. The summed E-state index contributed by atoms with van der Waals surface area (Å²) >= 11 is 0. The molecule has 160 valence electrons. The summed E-state index contributed by atoms with van der Waals surface area (Å²) in [5.41, 5.74) is 2.57. The molecule has 1 aromatic heterocycles. The van der Waals surface area contributed by atoms with Gasteiger partial charge in [-0.05, 0) is 62.4 Å². The summed E-state index contributed by atoms with van der Waals surface area (Å²) in [6.07, 6.45) is 2.46. The molecule has 8 heteroatoms. The van der Waals surface area contributed by atoms with Crippen LogP contribution in [0.25, 0.3) is 0 Å². The molecule has 1 fully saturated rings. The summed E-state index contributed by atoms with van der Waals surface area (Å²) in [7, 11) is -3.75. The molecule has 1 N–H and O–H groups in total. The van der Waals surface area contributed by atoms with Gasteiger partial charge in [0.25, 0.3) is 0 Å². The number of aryl methyl sites for hydroxylation is 1. The molecular weight excluding hydrogens is 402 g/mol. The molecule has 0 amide bonds. The number of nitrogens with zero attached hydrogens (tertiary/aromatic N) is 3. The second-order valence-electron chi connectivity index (χ2n) is 8.47. The highest BCUT2D eigenvalue weighted by atomic mass is 32.2. The van der Waals surface area contributed by atoms with Gasteiger partial charge in [0.2, 0.25) is 10.0 Å². The monoisotopic (exact) mass is 429 g/mol. The van der Waals surface area contributed by atoms with Crippen molar-refractivity contribution in [3.05, 3.63) is 53.2 Å². The zero-order valence-corrected chi connectivity index (χ0v) is 18.3. The smallest absolute Gasteiger partial charge is 0.307 e. The van der Waals surface area contributed by atoms with Crippen LogP contribution in [0.1, 0.15) is 30.5 Å². The minimum atomic E-state index is -3.75. The second-order valence-corrected chi connectivity index (χ2v) is 10.3. The molecule has 1 unspecified atom stereocenters. The minimum Gasteiger partial charge on any atom is -0.481 e. The van der Waals surface area contributed by atoms with Gasteiger partial charge in [0.05, 0.1) is 10.8 Å². The minimum absolute atomic E-state index is 0.241. The van der Waals surface area contributed by atoms with E-state index >= 15 is 0 Å². The van der Waals surface area contributed by atoms with Gasteiger partial charge in [0.1, 0.15) is 5.82 Å². The lowest BCUT2D eigenvalue weighted by molar-refractivity contribution is -0.141. The van der Waals surface area contributed by atoms with E-state index in [-0.39, 0.29) is 23.4 Å². The zero-order chi connectivity index (χ0) is 21.6. The number of pyridine rings is 1. The topological polar surface area (TPSA) is 90.8 Å².